The molecule has 1 heterocycles. The standard InChI is InChI=1S/C31H21FO5/c1-35-25-16-18-28-26(19-25)29(30(37-28)22-5-3-2-4-6-22)31(34)36-24-14-10-21(11-15-24)27(33)17-9-20-7-12-23(32)13-8-20/h2-19H,1H3. The molecule has 0 aliphatic carbocycles. The third kappa shape index (κ3) is 5.18. The first-order valence-electron chi connectivity index (χ1n) is 11.5. The number of hydrogen-bond donors (Lipinski definition) is 0. The average molecular weight is 493 g/mol. The van der Waals surface area contributed by atoms with Crippen LogP contribution in [0.1, 0.15) is 26.3 Å². The van der Waals surface area contributed by atoms with Crippen molar-refractivity contribution in [2.24, 2.45) is 0 Å². The largest absolute Gasteiger partial charge is 0.497 e. The molecule has 0 N–H and O–H groups in total. The van der Waals surface area contributed by atoms with Crippen LogP contribution in [0.25, 0.3) is 28.4 Å². The summed E-state index contributed by atoms with van der Waals surface area (Å²) >= 11 is 0. The second-order valence-corrected chi connectivity index (χ2v) is 8.20. The zero-order valence-corrected chi connectivity index (χ0v) is 19.8. The number of methoxy groups -OCH3 is 1. The highest BCUT2D eigenvalue weighted by Crippen LogP contribution is 2.36. The normalized spacial score (nSPS) is 11.1. The van der Waals surface area contributed by atoms with E-state index in [2.05, 4.69) is 0 Å². The number of rotatable bonds is 7. The zero-order valence-electron chi connectivity index (χ0n) is 19.8. The summed E-state index contributed by atoms with van der Waals surface area (Å²) in [7, 11) is 1.55. The van der Waals surface area contributed by atoms with Crippen LogP contribution in [0.15, 0.2) is 108 Å². The minimum atomic E-state index is -0.596. The SMILES string of the molecule is COc1ccc2oc(-c3ccccc3)c(C(=O)Oc3ccc(C(=O)C=Cc4ccc(F)cc4)cc3)c2c1. The lowest BCUT2D eigenvalue weighted by molar-refractivity contribution is 0.0737. The Morgan fingerprint density at radius 3 is 2.24 bits per heavy atom. The van der Waals surface area contributed by atoms with Gasteiger partial charge >= 0.3 is 5.97 Å². The van der Waals surface area contributed by atoms with Gasteiger partial charge in [0.05, 0.1) is 7.11 Å². The van der Waals surface area contributed by atoms with E-state index in [4.69, 9.17) is 13.9 Å². The summed E-state index contributed by atoms with van der Waals surface area (Å²) in [5.74, 6) is 0.0834. The molecule has 1 aromatic heterocycles. The molecule has 0 radical (unpaired) electrons. The molecule has 0 bridgehead atoms. The average Bonchev–Trinajstić information content (AvgIpc) is 3.32. The molecular weight excluding hydrogens is 471 g/mol. The van der Waals surface area contributed by atoms with Gasteiger partial charge in [-0.3, -0.25) is 4.79 Å². The fourth-order valence-electron chi connectivity index (χ4n) is 3.89. The number of carbonyl (C=O) groups excluding carboxylic acids is 2. The Kier molecular flexibility index (Phi) is 6.64. The van der Waals surface area contributed by atoms with Crippen molar-refractivity contribution in [3.05, 3.63) is 126 Å². The molecule has 0 spiro atoms. The predicted molar refractivity (Wildman–Crippen MR) is 139 cm³/mol. The first-order valence-corrected chi connectivity index (χ1v) is 11.5. The van der Waals surface area contributed by atoms with Crippen molar-refractivity contribution >= 4 is 28.8 Å². The smallest absolute Gasteiger partial charge is 0.348 e. The third-order valence-corrected chi connectivity index (χ3v) is 5.78. The molecular formula is C31H21FO5. The molecule has 0 amide bonds. The van der Waals surface area contributed by atoms with E-state index in [-0.39, 0.29) is 22.9 Å². The van der Waals surface area contributed by atoms with Gasteiger partial charge in [-0.25, -0.2) is 9.18 Å². The summed E-state index contributed by atoms with van der Waals surface area (Å²) in [6.07, 6.45) is 3.02. The zero-order chi connectivity index (χ0) is 25.8. The highest BCUT2D eigenvalue weighted by Gasteiger charge is 2.24. The summed E-state index contributed by atoms with van der Waals surface area (Å²) in [5.41, 5.74) is 2.67. The summed E-state index contributed by atoms with van der Waals surface area (Å²) in [4.78, 5) is 25.9. The molecule has 5 nitrogen and oxygen atoms in total. The number of ether oxygens (including phenoxy) is 2. The van der Waals surface area contributed by atoms with E-state index in [1.165, 1.54) is 18.2 Å². The lowest BCUT2D eigenvalue weighted by Crippen LogP contribution is -2.09. The number of furan rings is 1. The fraction of sp³-hybridized carbons (Fsp3) is 0.0323. The van der Waals surface area contributed by atoms with Gasteiger partial charge in [-0.05, 0) is 66.2 Å². The van der Waals surface area contributed by atoms with Crippen molar-refractivity contribution in [1.82, 2.24) is 0 Å². The minimum absolute atomic E-state index is 0.235. The number of esters is 1. The van der Waals surface area contributed by atoms with E-state index in [1.807, 2.05) is 30.3 Å². The maximum absolute atomic E-state index is 13.4. The van der Waals surface area contributed by atoms with E-state index in [0.29, 0.717) is 33.6 Å². The second-order valence-electron chi connectivity index (χ2n) is 8.20. The van der Waals surface area contributed by atoms with E-state index >= 15 is 0 Å². The Hall–Kier alpha value is -4.97. The fourth-order valence-corrected chi connectivity index (χ4v) is 3.89. The van der Waals surface area contributed by atoms with Crippen LogP contribution in [0.5, 0.6) is 11.5 Å². The van der Waals surface area contributed by atoms with Gasteiger partial charge in [-0.1, -0.05) is 48.5 Å². The highest BCUT2D eigenvalue weighted by molar-refractivity contribution is 6.10. The van der Waals surface area contributed by atoms with Crippen LogP contribution in [0.4, 0.5) is 4.39 Å². The Labute approximate surface area is 212 Å². The topological polar surface area (TPSA) is 65.7 Å². The number of halogens is 1. The molecule has 0 saturated heterocycles. The molecule has 0 atom stereocenters. The highest BCUT2D eigenvalue weighted by atomic mass is 19.1. The second kappa shape index (κ2) is 10.3. The number of fused-ring (bicyclic) bond motifs is 1. The number of benzene rings is 4. The molecule has 4 aromatic carbocycles. The van der Waals surface area contributed by atoms with Crippen molar-refractivity contribution in [2.75, 3.05) is 7.11 Å². The molecule has 0 aliphatic heterocycles. The van der Waals surface area contributed by atoms with Crippen LogP contribution in [0.3, 0.4) is 0 Å². The van der Waals surface area contributed by atoms with Crippen LogP contribution in [0.2, 0.25) is 0 Å². The molecule has 5 rings (SSSR count). The quantitative estimate of drug-likeness (QED) is 0.103. The van der Waals surface area contributed by atoms with Gasteiger partial charge in [-0.2, -0.15) is 0 Å². The molecule has 0 aliphatic rings. The van der Waals surface area contributed by atoms with E-state index in [1.54, 1.807) is 67.8 Å². The van der Waals surface area contributed by atoms with Gasteiger partial charge < -0.3 is 13.9 Å². The van der Waals surface area contributed by atoms with Crippen LogP contribution < -0.4 is 9.47 Å². The number of ketones is 1. The monoisotopic (exact) mass is 492 g/mol. The Bertz CT molecular complexity index is 1600. The lowest BCUT2D eigenvalue weighted by atomic mass is 10.1. The summed E-state index contributed by atoms with van der Waals surface area (Å²) in [6, 6.07) is 26.6. The van der Waals surface area contributed by atoms with Crippen molar-refractivity contribution in [2.45, 2.75) is 0 Å². The van der Waals surface area contributed by atoms with Crippen LogP contribution in [-0.2, 0) is 0 Å². The number of allylic oxidation sites excluding steroid dienone is 1. The predicted octanol–water partition coefficient (Wildman–Crippen LogP) is 7.36. The van der Waals surface area contributed by atoms with Gasteiger partial charge in [-0.15, -0.1) is 0 Å². The van der Waals surface area contributed by atoms with E-state index in [9.17, 15) is 14.0 Å². The first kappa shape index (κ1) is 23.8. The molecule has 0 fully saturated rings. The molecule has 0 saturated carbocycles. The Morgan fingerprint density at radius 1 is 0.838 bits per heavy atom. The van der Waals surface area contributed by atoms with Gasteiger partial charge in [0.1, 0.15) is 34.2 Å². The molecule has 37 heavy (non-hydrogen) atoms. The van der Waals surface area contributed by atoms with Gasteiger partial charge in [0.25, 0.3) is 0 Å². The van der Waals surface area contributed by atoms with Crippen LogP contribution >= 0.6 is 0 Å². The van der Waals surface area contributed by atoms with E-state index < -0.39 is 5.97 Å². The number of carbonyl (C=O) groups is 2. The van der Waals surface area contributed by atoms with Gasteiger partial charge in [0, 0.05) is 16.5 Å². The van der Waals surface area contributed by atoms with Crippen LogP contribution in [-0.4, -0.2) is 18.9 Å². The van der Waals surface area contributed by atoms with Gasteiger partial charge in [0.15, 0.2) is 5.78 Å². The van der Waals surface area contributed by atoms with Crippen LogP contribution in [0, 0.1) is 5.82 Å². The molecule has 182 valence electrons. The molecule has 6 heteroatoms. The van der Waals surface area contributed by atoms with Gasteiger partial charge in [0.2, 0.25) is 0 Å². The summed E-state index contributed by atoms with van der Waals surface area (Å²) < 4.78 is 30.1. The Morgan fingerprint density at radius 2 is 1.54 bits per heavy atom. The van der Waals surface area contributed by atoms with Crippen molar-refractivity contribution < 1.29 is 27.9 Å². The van der Waals surface area contributed by atoms with Crippen molar-refractivity contribution in [3.63, 3.8) is 0 Å². The molecule has 0 unspecified atom stereocenters. The molecule has 5 aromatic rings. The third-order valence-electron chi connectivity index (χ3n) is 5.78. The summed E-state index contributed by atoms with van der Waals surface area (Å²) in [5, 5.41) is 0.570. The maximum Gasteiger partial charge on any atom is 0.348 e. The lowest BCUT2D eigenvalue weighted by Gasteiger charge is -2.06. The van der Waals surface area contributed by atoms with E-state index in [0.717, 1.165) is 5.56 Å². The van der Waals surface area contributed by atoms with Crippen molar-refractivity contribution in [3.8, 4) is 22.8 Å². The first-order chi connectivity index (χ1) is 18.0. The summed E-state index contributed by atoms with van der Waals surface area (Å²) in [6.45, 7) is 0. The van der Waals surface area contributed by atoms with Crippen molar-refractivity contribution in [1.29, 1.82) is 0 Å². The minimum Gasteiger partial charge on any atom is -0.497 e. The maximum atomic E-state index is 13.4. The Balaban J connectivity index is 1.39. The number of hydrogen-bond acceptors (Lipinski definition) is 5.